The van der Waals surface area contributed by atoms with E-state index >= 15 is 0 Å². The van der Waals surface area contributed by atoms with Gasteiger partial charge in [0.2, 0.25) is 0 Å². The van der Waals surface area contributed by atoms with Gasteiger partial charge in [0.05, 0.1) is 6.10 Å². The van der Waals surface area contributed by atoms with E-state index in [1.165, 1.54) is 11.1 Å². The fraction of sp³-hybridized carbons (Fsp3) is 0.538. The SMILES string of the molecule is CC(O)CNC1CCNCc2ccccc21. The van der Waals surface area contributed by atoms with Crippen molar-refractivity contribution in [3.63, 3.8) is 0 Å². The normalized spacial score (nSPS) is 22.2. The summed E-state index contributed by atoms with van der Waals surface area (Å²) in [6, 6.07) is 8.88. The van der Waals surface area contributed by atoms with Crippen molar-refractivity contribution in [3.05, 3.63) is 35.4 Å². The van der Waals surface area contributed by atoms with Crippen molar-refractivity contribution in [2.45, 2.75) is 32.0 Å². The highest BCUT2D eigenvalue weighted by molar-refractivity contribution is 5.30. The molecule has 0 aliphatic carbocycles. The first kappa shape index (κ1) is 11.6. The highest BCUT2D eigenvalue weighted by Gasteiger charge is 2.17. The van der Waals surface area contributed by atoms with Crippen LogP contribution < -0.4 is 10.6 Å². The van der Waals surface area contributed by atoms with Crippen LogP contribution in [0.2, 0.25) is 0 Å². The summed E-state index contributed by atoms with van der Waals surface area (Å²) < 4.78 is 0. The molecule has 3 nitrogen and oxygen atoms in total. The summed E-state index contributed by atoms with van der Waals surface area (Å²) in [5, 5.41) is 16.2. The van der Waals surface area contributed by atoms with Crippen LogP contribution in [0, 0.1) is 0 Å². The Labute approximate surface area is 96.9 Å². The smallest absolute Gasteiger partial charge is 0.0636 e. The van der Waals surface area contributed by atoms with E-state index in [0.717, 1.165) is 19.5 Å². The second-order valence-corrected chi connectivity index (χ2v) is 4.47. The van der Waals surface area contributed by atoms with Gasteiger partial charge in [0, 0.05) is 19.1 Å². The summed E-state index contributed by atoms with van der Waals surface area (Å²) in [5.41, 5.74) is 2.73. The van der Waals surface area contributed by atoms with Gasteiger partial charge in [-0.05, 0) is 31.0 Å². The van der Waals surface area contributed by atoms with E-state index in [2.05, 4.69) is 34.9 Å². The van der Waals surface area contributed by atoms with Gasteiger partial charge < -0.3 is 15.7 Å². The summed E-state index contributed by atoms with van der Waals surface area (Å²) >= 11 is 0. The van der Waals surface area contributed by atoms with Crippen LogP contribution in [-0.4, -0.2) is 24.3 Å². The van der Waals surface area contributed by atoms with Crippen molar-refractivity contribution < 1.29 is 5.11 Å². The zero-order chi connectivity index (χ0) is 11.4. The molecule has 3 N–H and O–H groups in total. The number of rotatable bonds is 3. The zero-order valence-electron chi connectivity index (χ0n) is 9.74. The predicted molar refractivity (Wildman–Crippen MR) is 65.2 cm³/mol. The summed E-state index contributed by atoms with van der Waals surface area (Å²) in [6.07, 6.45) is 0.785. The summed E-state index contributed by atoms with van der Waals surface area (Å²) in [5.74, 6) is 0. The van der Waals surface area contributed by atoms with E-state index in [0.29, 0.717) is 12.6 Å². The van der Waals surface area contributed by atoms with Crippen LogP contribution in [-0.2, 0) is 6.54 Å². The van der Waals surface area contributed by atoms with E-state index in [9.17, 15) is 5.11 Å². The van der Waals surface area contributed by atoms with E-state index in [1.807, 2.05) is 6.92 Å². The highest BCUT2D eigenvalue weighted by Crippen LogP contribution is 2.23. The zero-order valence-corrected chi connectivity index (χ0v) is 9.74. The fourth-order valence-corrected chi connectivity index (χ4v) is 2.18. The third kappa shape index (κ3) is 2.82. The Morgan fingerprint density at radius 1 is 1.50 bits per heavy atom. The maximum absolute atomic E-state index is 9.32. The molecule has 3 heteroatoms. The molecule has 0 radical (unpaired) electrons. The minimum absolute atomic E-state index is 0.289. The first-order valence-electron chi connectivity index (χ1n) is 5.97. The Balaban J connectivity index is 2.12. The Kier molecular flexibility index (Phi) is 3.93. The predicted octanol–water partition coefficient (Wildman–Crippen LogP) is 1.19. The Bertz CT molecular complexity index is 338. The van der Waals surface area contributed by atoms with Gasteiger partial charge in [0.25, 0.3) is 0 Å². The monoisotopic (exact) mass is 220 g/mol. The number of hydrogen-bond donors (Lipinski definition) is 3. The minimum atomic E-state index is -0.289. The first-order chi connectivity index (χ1) is 7.77. The van der Waals surface area contributed by atoms with Crippen LogP contribution in [0.5, 0.6) is 0 Å². The van der Waals surface area contributed by atoms with Crippen LogP contribution in [0.25, 0.3) is 0 Å². The molecule has 88 valence electrons. The molecule has 2 atom stereocenters. The Morgan fingerprint density at radius 3 is 3.12 bits per heavy atom. The van der Waals surface area contributed by atoms with Crippen molar-refractivity contribution in [1.29, 1.82) is 0 Å². The lowest BCUT2D eigenvalue weighted by molar-refractivity contribution is 0.185. The van der Waals surface area contributed by atoms with Gasteiger partial charge in [-0.2, -0.15) is 0 Å². The van der Waals surface area contributed by atoms with Crippen LogP contribution in [0.1, 0.15) is 30.5 Å². The maximum atomic E-state index is 9.32. The molecule has 1 aliphatic heterocycles. The van der Waals surface area contributed by atoms with E-state index in [-0.39, 0.29) is 6.10 Å². The molecule has 2 unspecified atom stereocenters. The molecule has 0 amide bonds. The molecule has 0 bridgehead atoms. The van der Waals surface area contributed by atoms with Gasteiger partial charge in [-0.25, -0.2) is 0 Å². The van der Waals surface area contributed by atoms with Crippen molar-refractivity contribution in [3.8, 4) is 0 Å². The van der Waals surface area contributed by atoms with Gasteiger partial charge in [-0.1, -0.05) is 24.3 Å². The average Bonchev–Trinajstić information content (AvgIpc) is 2.48. The van der Waals surface area contributed by atoms with E-state index < -0.39 is 0 Å². The van der Waals surface area contributed by atoms with E-state index in [1.54, 1.807) is 0 Å². The standard InChI is InChI=1S/C13H20N2O/c1-10(16)8-15-13-6-7-14-9-11-4-2-3-5-12(11)13/h2-5,10,13-16H,6-9H2,1H3. The van der Waals surface area contributed by atoms with Crippen LogP contribution in [0.4, 0.5) is 0 Å². The molecule has 0 fully saturated rings. The van der Waals surface area contributed by atoms with Crippen LogP contribution in [0.15, 0.2) is 24.3 Å². The number of benzene rings is 1. The molecule has 0 spiro atoms. The number of aliphatic hydroxyl groups is 1. The highest BCUT2D eigenvalue weighted by atomic mass is 16.3. The molecule has 16 heavy (non-hydrogen) atoms. The molecule has 0 saturated carbocycles. The lowest BCUT2D eigenvalue weighted by Gasteiger charge is -2.19. The summed E-state index contributed by atoms with van der Waals surface area (Å²) in [7, 11) is 0. The van der Waals surface area contributed by atoms with Gasteiger partial charge in [0.1, 0.15) is 0 Å². The number of hydrogen-bond acceptors (Lipinski definition) is 3. The Hall–Kier alpha value is -0.900. The fourth-order valence-electron chi connectivity index (χ4n) is 2.18. The van der Waals surface area contributed by atoms with Crippen LogP contribution in [0.3, 0.4) is 0 Å². The number of fused-ring (bicyclic) bond motifs is 1. The Morgan fingerprint density at radius 2 is 2.31 bits per heavy atom. The van der Waals surface area contributed by atoms with Crippen molar-refractivity contribution in [2.24, 2.45) is 0 Å². The van der Waals surface area contributed by atoms with E-state index in [4.69, 9.17) is 0 Å². The molecule has 0 saturated heterocycles. The van der Waals surface area contributed by atoms with Gasteiger partial charge in [-0.15, -0.1) is 0 Å². The second kappa shape index (κ2) is 5.43. The van der Waals surface area contributed by atoms with Gasteiger partial charge >= 0.3 is 0 Å². The number of nitrogens with one attached hydrogen (secondary N) is 2. The van der Waals surface area contributed by atoms with Gasteiger partial charge in [0.15, 0.2) is 0 Å². The molecule has 1 aromatic rings. The van der Waals surface area contributed by atoms with Crippen molar-refractivity contribution >= 4 is 0 Å². The molecule has 2 rings (SSSR count). The molecular formula is C13H20N2O. The summed E-state index contributed by atoms with van der Waals surface area (Å²) in [6.45, 7) is 4.43. The number of aliphatic hydroxyl groups excluding tert-OH is 1. The largest absolute Gasteiger partial charge is 0.392 e. The summed E-state index contributed by atoms with van der Waals surface area (Å²) in [4.78, 5) is 0. The average molecular weight is 220 g/mol. The topological polar surface area (TPSA) is 44.3 Å². The molecule has 1 aromatic carbocycles. The molecule has 1 heterocycles. The van der Waals surface area contributed by atoms with Crippen LogP contribution >= 0.6 is 0 Å². The molecular weight excluding hydrogens is 200 g/mol. The lowest BCUT2D eigenvalue weighted by Crippen LogP contribution is -2.29. The first-order valence-corrected chi connectivity index (χ1v) is 5.97. The minimum Gasteiger partial charge on any atom is -0.392 e. The lowest BCUT2D eigenvalue weighted by atomic mass is 9.99. The molecule has 1 aliphatic rings. The van der Waals surface area contributed by atoms with Gasteiger partial charge in [-0.3, -0.25) is 0 Å². The third-order valence-corrected chi connectivity index (χ3v) is 3.02. The van der Waals surface area contributed by atoms with Crippen molar-refractivity contribution in [1.82, 2.24) is 10.6 Å². The second-order valence-electron chi connectivity index (χ2n) is 4.47. The van der Waals surface area contributed by atoms with Crippen molar-refractivity contribution in [2.75, 3.05) is 13.1 Å². The maximum Gasteiger partial charge on any atom is 0.0636 e. The molecule has 0 aromatic heterocycles. The third-order valence-electron chi connectivity index (χ3n) is 3.02. The quantitative estimate of drug-likeness (QED) is 0.717.